The Labute approximate surface area is 166 Å². The molecular formula is C23H29FN2O2. The second-order valence-electron chi connectivity index (χ2n) is 7.90. The molecule has 1 aliphatic rings. The molecule has 0 aliphatic carbocycles. The van der Waals surface area contributed by atoms with Crippen LogP contribution in [0.15, 0.2) is 42.5 Å². The molecule has 1 amide bonds. The molecule has 0 bridgehead atoms. The lowest BCUT2D eigenvalue weighted by molar-refractivity contribution is -0.121. The van der Waals surface area contributed by atoms with Crippen LogP contribution in [0.5, 0.6) is 0 Å². The Morgan fingerprint density at radius 2 is 1.86 bits per heavy atom. The maximum absolute atomic E-state index is 14.5. The highest BCUT2D eigenvalue weighted by Crippen LogP contribution is 2.35. The Hall–Kier alpha value is -2.24. The Balaban J connectivity index is 1.71. The van der Waals surface area contributed by atoms with Crippen molar-refractivity contribution in [2.75, 3.05) is 19.6 Å². The van der Waals surface area contributed by atoms with Gasteiger partial charge in [-0.05, 0) is 49.4 Å². The predicted molar refractivity (Wildman–Crippen MR) is 108 cm³/mol. The van der Waals surface area contributed by atoms with Crippen molar-refractivity contribution in [1.82, 2.24) is 10.2 Å². The van der Waals surface area contributed by atoms with Gasteiger partial charge in [0.1, 0.15) is 5.82 Å². The van der Waals surface area contributed by atoms with Gasteiger partial charge in [0.15, 0.2) is 0 Å². The molecular weight excluding hydrogens is 355 g/mol. The summed E-state index contributed by atoms with van der Waals surface area (Å²) in [6, 6.07) is 12.7. The van der Waals surface area contributed by atoms with Gasteiger partial charge in [-0.15, -0.1) is 0 Å². The van der Waals surface area contributed by atoms with Crippen molar-refractivity contribution in [2.24, 2.45) is 0 Å². The highest BCUT2D eigenvalue weighted by atomic mass is 19.1. The summed E-state index contributed by atoms with van der Waals surface area (Å²) in [6.07, 6.45) is 0.640. The molecule has 2 aromatic carbocycles. The Kier molecular flexibility index (Phi) is 6.16. The van der Waals surface area contributed by atoms with Crippen LogP contribution in [0.3, 0.4) is 0 Å². The maximum atomic E-state index is 14.5. The largest absolute Gasteiger partial charge is 0.387 e. The summed E-state index contributed by atoms with van der Waals surface area (Å²) >= 11 is 0. The van der Waals surface area contributed by atoms with Gasteiger partial charge in [0.2, 0.25) is 5.91 Å². The SMILES string of the molecule is CC(=O)NC1(c2ccccc2F)CCN(CC(O)c2ccc(C)c(C)c2)CC1. The van der Waals surface area contributed by atoms with E-state index in [-0.39, 0.29) is 11.7 Å². The van der Waals surface area contributed by atoms with Crippen molar-refractivity contribution < 1.29 is 14.3 Å². The highest BCUT2D eigenvalue weighted by molar-refractivity contribution is 5.74. The Morgan fingerprint density at radius 3 is 2.46 bits per heavy atom. The zero-order chi connectivity index (χ0) is 20.3. The smallest absolute Gasteiger partial charge is 0.217 e. The van der Waals surface area contributed by atoms with E-state index in [1.807, 2.05) is 25.1 Å². The molecule has 28 heavy (non-hydrogen) atoms. The van der Waals surface area contributed by atoms with E-state index >= 15 is 0 Å². The number of rotatable bonds is 5. The van der Waals surface area contributed by atoms with Crippen LogP contribution in [0.1, 0.15) is 48.1 Å². The minimum atomic E-state index is -0.695. The molecule has 4 nitrogen and oxygen atoms in total. The third-order valence-corrected chi connectivity index (χ3v) is 5.86. The summed E-state index contributed by atoms with van der Waals surface area (Å²) in [5, 5.41) is 13.7. The first-order valence-corrected chi connectivity index (χ1v) is 9.82. The van der Waals surface area contributed by atoms with Crippen LogP contribution >= 0.6 is 0 Å². The number of nitrogens with one attached hydrogen (secondary N) is 1. The molecule has 3 rings (SSSR count). The van der Waals surface area contributed by atoms with Crippen molar-refractivity contribution in [3.63, 3.8) is 0 Å². The van der Waals surface area contributed by atoms with Gasteiger partial charge in [-0.1, -0.05) is 36.4 Å². The van der Waals surface area contributed by atoms with Crippen LogP contribution in [-0.4, -0.2) is 35.5 Å². The van der Waals surface area contributed by atoms with E-state index in [1.54, 1.807) is 18.2 Å². The molecule has 1 heterocycles. The fraction of sp³-hybridized carbons (Fsp3) is 0.435. The number of nitrogens with zero attached hydrogens (tertiary/aromatic N) is 1. The summed E-state index contributed by atoms with van der Waals surface area (Å²) in [7, 11) is 0. The number of aliphatic hydroxyl groups is 1. The van der Waals surface area contributed by atoms with Gasteiger partial charge in [0.05, 0.1) is 11.6 Å². The Morgan fingerprint density at radius 1 is 1.18 bits per heavy atom. The molecule has 0 aromatic heterocycles. The van der Waals surface area contributed by atoms with Crippen molar-refractivity contribution in [3.05, 3.63) is 70.5 Å². The van der Waals surface area contributed by atoms with Gasteiger partial charge < -0.3 is 15.3 Å². The van der Waals surface area contributed by atoms with Crippen LogP contribution in [0, 0.1) is 19.7 Å². The van der Waals surface area contributed by atoms with Crippen molar-refractivity contribution in [2.45, 2.75) is 45.3 Å². The van der Waals surface area contributed by atoms with E-state index in [4.69, 9.17) is 0 Å². The van der Waals surface area contributed by atoms with Crippen LogP contribution in [0.25, 0.3) is 0 Å². The number of aryl methyl sites for hydroxylation is 2. The number of amides is 1. The number of β-amino-alcohol motifs (C(OH)–C–C–N with tert-alkyl or cyclic N) is 1. The highest BCUT2D eigenvalue weighted by Gasteiger charge is 2.39. The first-order valence-electron chi connectivity index (χ1n) is 9.82. The second kappa shape index (κ2) is 8.41. The number of hydrogen-bond donors (Lipinski definition) is 2. The van der Waals surface area contributed by atoms with Gasteiger partial charge >= 0.3 is 0 Å². The van der Waals surface area contributed by atoms with Crippen molar-refractivity contribution in [3.8, 4) is 0 Å². The average molecular weight is 384 g/mol. The van der Waals surface area contributed by atoms with E-state index in [2.05, 4.69) is 17.1 Å². The van der Waals surface area contributed by atoms with E-state index in [0.717, 1.165) is 5.56 Å². The van der Waals surface area contributed by atoms with Crippen LogP contribution < -0.4 is 5.32 Å². The topological polar surface area (TPSA) is 52.6 Å². The molecule has 1 unspecified atom stereocenters. The lowest BCUT2D eigenvalue weighted by Crippen LogP contribution is -2.53. The molecule has 0 saturated carbocycles. The summed E-state index contributed by atoms with van der Waals surface area (Å²) in [6.45, 7) is 7.45. The second-order valence-corrected chi connectivity index (χ2v) is 7.90. The number of likely N-dealkylation sites (tertiary alicyclic amines) is 1. The number of halogens is 1. The van der Waals surface area contributed by atoms with E-state index < -0.39 is 11.6 Å². The predicted octanol–water partition coefficient (Wildman–Crippen LogP) is 3.60. The molecule has 1 aliphatic heterocycles. The maximum Gasteiger partial charge on any atom is 0.217 e. The van der Waals surface area contributed by atoms with Crippen LogP contribution in [-0.2, 0) is 10.3 Å². The minimum absolute atomic E-state index is 0.160. The fourth-order valence-electron chi connectivity index (χ4n) is 4.09. The molecule has 5 heteroatoms. The van der Waals surface area contributed by atoms with Gasteiger partial charge in [0.25, 0.3) is 0 Å². The number of carbonyl (C=O) groups excluding carboxylic acids is 1. The molecule has 2 aromatic rings. The summed E-state index contributed by atoms with van der Waals surface area (Å²) in [4.78, 5) is 14.0. The first-order chi connectivity index (χ1) is 13.3. The van der Waals surface area contributed by atoms with E-state index in [9.17, 15) is 14.3 Å². The number of aliphatic hydroxyl groups excluding tert-OH is 1. The van der Waals surface area contributed by atoms with E-state index in [0.29, 0.717) is 38.0 Å². The molecule has 1 atom stereocenters. The number of piperidine rings is 1. The summed E-state index contributed by atoms with van der Waals surface area (Å²) in [5.74, 6) is -0.452. The quantitative estimate of drug-likeness (QED) is 0.828. The fourth-order valence-corrected chi connectivity index (χ4v) is 4.09. The standard InChI is InChI=1S/C23H29FN2O2/c1-16-8-9-19(14-17(16)2)22(28)15-26-12-10-23(11-13-26,25-18(3)27)20-6-4-5-7-21(20)24/h4-9,14,22,28H,10-13,15H2,1-3H3,(H,25,27). The first kappa shape index (κ1) is 20.5. The minimum Gasteiger partial charge on any atom is -0.387 e. The lowest BCUT2D eigenvalue weighted by Gasteiger charge is -2.43. The average Bonchev–Trinajstić information content (AvgIpc) is 2.65. The van der Waals surface area contributed by atoms with Gasteiger partial charge in [0, 0.05) is 32.1 Å². The van der Waals surface area contributed by atoms with Crippen molar-refractivity contribution in [1.29, 1.82) is 0 Å². The van der Waals surface area contributed by atoms with Gasteiger partial charge in [-0.3, -0.25) is 4.79 Å². The van der Waals surface area contributed by atoms with Crippen LogP contribution in [0.2, 0.25) is 0 Å². The van der Waals surface area contributed by atoms with Crippen LogP contribution in [0.4, 0.5) is 4.39 Å². The number of benzene rings is 2. The third kappa shape index (κ3) is 4.42. The third-order valence-electron chi connectivity index (χ3n) is 5.86. The summed E-state index contributed by atoms with van der Waals surface area (Å²) < 4.78 is 14.5. The molecule has 0 radical (unpaired) electrons. The summed E-state index contributed by atoms with van der Waals surface area (Å²) in [5.41, 5.74) is 3.13. The van der Waals surface area contributed by atoms with Gasteiger partial charge in [-0.2, -0.15) is 0 Å². The van der Waals surface area contributed by atoms with E-state index in [1.165, 1.54) is 24.1 Å². The van der Waals surface area contributed by atoms with Gasteiger partial charge in [-0.25, -0.2) is 4.39 Å². The lowest BCUT2D eigenvalue weighted by atomic mass is 9.80. The number of carbonyl (C=O) groups is 1. The molecule has 150 valence electrons. The normalized spacial score (nSPS) is 17.9. The monoisotopic (exact) mass is 384 g/mol. The Bertz CT molecular complexity index is 844. The van der Waals surface area contributed by atoms with Crippen molar-refractivity contribution >= 4 is 5.91 Å². The molecule has 2 N–H and O–H groups in total. The number of hydrogen-bond acceptors (Lipinski definition) is 3. The molecule has 1 fully saturated rings. The zero-order valence-electron chi connectivity index (χ0n) is 16.8. The zero-order valence-corrected chi connectivity index (χ0v) is 16.8. The molecule has 1 saturated heterocycles. The molecule has 0 spiro atoms.